The molecule has 0 heterocycles. The van der Waals surface area contributed by atoms with Gasteiger partial charge in [0.05, 0.1) is 5.56 Å². The van der Waals surface area contributed by atoms with Gasteiger partial charge in [-0.3, -0.25) is 0 Å². The van der Waals surface area contributed by atoms with Gasteiger partial charge in [-0.05, 0) is 35.1 Å². The van der Waals surface area contributed by atoms with Gasteiger partial charge in [0, 0.05) is 11.1 Å². The SMILES string of the molecule is CC(C)c1cc(N)cc2ccc(C#N)c(OCF)c12. The molecular formula is C15H15FN2O. The first-order chi connectivity index (χ1) is 9.08. The van der Waals surface area contributed by atoms with Crippen molar-refractivity contribution in [3.8, 4) is 11.8 Å². The number of hydrogen-bond donors (Lipinski definition) is 1. The second-order valence-corrected chi connectivity index (χ2v) is 4.67. The number of nitrogen functional groups attached to an aromatic ring is 1. The van der Waals surface area contributed by atoms with Gasteiger partial charge in [-0.15, -0.1) is 0 Å². The number of ether oxygens (including phenoxy) is 1. The number of nitrogens with zero attached hydrogens (tertiary/aromatic N) is 1. The predicted octanol–water partition coefficient (Wildman–Crippen LogP) is 3.72. The lowest BCUT2D eigenvalue weighted by molar-refractivity contribution is 0.193. The fourth-order valence-electron chi connectivity index (χ4n) is 2.24. The molecule has 2 aromatic carbocycles. The number of nitriles is 1. The van der Waals surface area contributed by atoms with Crippen LogP contribution in [0.5, 0.6) is 5.75 Å². The molecular weight excluding hydrogens is 243 g/mol. The third kappa shape index (κ3) is 2.32. The Morgan fingerprint density at radius 2 is 2.11 bits per heavy atom. The van der Waals surface area contributed by atoms with E-state index in [4.69, 9.17) is 15.7 Å². The van der Waals surface area contributed by atoms with Crippen LogP contribution in [0.3, 0.4) is 0 Å². The molecule has 0 bridgehead atoms. The molecule has 19 heavy (non-hydrogen) atoms. The maximum absolute atomic E-state index is 12.6. The van der Waals surface area contributed by atoms with Crippen molar-refractivity contribution < 1.29 is 9.13 Å². The molecule has 0 spiro atoms. The summed E-state index contributed by atoms with van der Waals surface area (Å²) in [5.41, 5.74) is 7.81. The normalized spacial score (nSPS) is 10.7. The van der Waals surface area contributed by atoms with Crippen molar-refractivity contribution >= 4 is 16.5 Å². The quantitative estimate of drug-likeness (QED) is 0.853. The highest BCUT2D eigenvalue weighted by atomic mass is 19.1. The Hall–Kier alpha value is -2.28. The number of nitrogens with two attached hydrogens (primary N) is 1. The molecule has 3 nitrogen and oxygen atoms in total. The Kier molecular flexibility index (Phi) is 3.57. The van der Waals surface area contributed by atoms with Crippen LogP contribution in [0.1, 0.15) is 30.9 Å². The molecule has 0 amide bonds. The number of anilines is 1. The lowest BCUT2D eigenvalue weighted by Gasteiger charge is -2.16. The Morgan fingerprint density at radius 3 is 2.68 bits per heavy atom. The molecule has 0 aromatic heterocycles. The van der Waals surface area contributed by atoms with E-state index in [1.54, 1.807) is 18.2 Å². The van der Waals surface area contributed by atoms with E-state index in [0.717, 1.165) is 16.3 Å². The fourth-order valence-corrected chi connectivity index (χ4v) is 2.24. The maximum atomic E-state index is 12.6. The van der Waals surface area contributed by atoms with Crippen LogP contribution in [0.4, 0.5) is 10.1 Å². The lowest BCUT2D eigenvalue weighted by atomic mass is 9.93. The third-order valence-corrected chi connectivity index (χ3v) is 3.06. The molecule has 4 heteroatoms. The van der Waals surface area contributed by atoms with Crippen molar-refractivity contribution in [2.24, 2.45) is 0 Å². The minimum Gasteiger partial charge on any atom is -0.461 e. The van der Waals surface area contributed by atoms with E-state index in [9.17, 15) is 4.39 Å². The zero-order valence-corrected chi connectivity index (χ0v) is 10.9. The highest BCUT2D eigenvalue weighted by Crippen LogP contribution is 2.37. The van der Waals surface area contributed by atoms with Crippen LogP contribution in [0.25, 0.3) is 10.8 Å². The number of halogens is 1. The Bertz CT molecular complexity index is 659. The number of alkyl halides is 1. The molecule has 0 saturated carbocycles. The first kappa shape index (κ1) is 13.2. The first-order valence-electron chi connectivity index (χ1n) is 6.03. The molecule has 0 aliphatic rings. The zero-order chi connectivity index (χ0) is 14.0. The largest absolute Gasteiger partial charge is 0.461 e. The molecule has 0 saturated heterocycles. The standard InChI is InChI=1S/C15H15FN2O/c1-9(2)13-6-12(18)5-10-3-4-11(7-17)15(14(10)13)19-8-16/h3-6,9H,8,18H2,1-2H3. The average Bonchev–Trinajstić information content (AvgIpc) is 2.38. The van der Waals surface area contributed by atoms with E-state index in [1.165, 1.54) is 0 Å². The van der Waals surface area contributed by atoms with Crippen LogP contribution in [-0.4, -0.2) is 6.86 Å². The van der Waals surface area contributed by atoms with Gasteiger partial charge < -0.3 is 10.5 Å². The van der Waals surface area contributed by atoms with Gasteiger partial charge in [-0.1, -0.05) is 19.9 Å². The highest BCUT2D eigenvalue weighted by Gasteiger charge is 2.15. The summed E-state index contributed by atoms with van der Waals surface area (Å²) in [5, 5.41) is 10.7. The van der Waals surface area contributed by atoms with Crippen molar-refractivity contribution in [2.45, 2.75) is 19.8 Å². The molecule has 0 fully saturated rings. The summed E-state index contributed by atoms with van der Waals surface area (Å²) in [7, 11) is 0. The predicted molar refractivity (Wildman–Crippen MR) is 73.8 cm³/mol. The van der Waals surface area contributed by atoms with E-state index >= 15 is 0 Å². The first-order valence-corrected chi connectivity index (χ1v) is 6.03. The number of hydrogen-bond acceptors (Lipinski definition) is 3. The van der Waals surface area contributed by atoms with Gasteiger partial charge in [0.25, 0.3) is 0 Å². The Balaban J connectivity index is 2.89. The van der Waals surface area contributed by atoms with Crippen LogP contribution in [0, 0.1) is 11.3 Å². The summed E-state index contributed by atoms with van der Waals surface area (Å²) in [6.45, 7) is 3.08. The van der Waals surface area contributed by atoms with Crippen LogP contribution < -0.4 is 10.5 Å². The molecule has 0 unspecified atom stereocenters. The topological polar surface area (TPSA) is 59.0 Å². The van der Waals surface area contributed by atoms with E-state index in [0.29, 0.717) is 17.0 Å². The molecule has 0 atom stereocenters. The van der Waals surface area contributed by atoms with E-state index in [-0.39, 0.29) is 5.92 Å². The van der Waals surface area contributed by atoms with Crippen LogP contribution in [-0.2, 0) is 0 Å². The Morgan fingerprint density at radius 1 is 1.37 bits per heavy atom. The fraction of sp³-hybridized carbons (Fsp3) is 0.267. The number of fused-ring (bicyclic) bond motifs is 1. The third-order valence-electron chi connectivity index (χ3n) is 3.06. The number of benzene rings is 2. The zero-order valence-electron chi connectivity index (χ0n) is 10.9. The van der Waals surface area contributed by atoms with Crippen LogP contribution in [0.15, 0.2) is 24.3 Å². The van der Waals surface area contributed by atoms with Crippen molar-refractivity contribution in [3.05, 3.63) is 35.4 Å². The molecule has 98 valence electrons. The lowest BCUT2D eigenvalue weighted by Crippen LogP contribution is -2.00. The van der Waals surface area contributed by atoms with E-state index in [2.05, 4.69) is 0 Å². The van der Waals surface area contributed by atoms with E-state index < -0.39 is 6.86 Å². The molecule has 2 aromatic rings. The monoisotopic (exact) mass is 258 g/mol. The van der Waals surface area contributed by atoms with Gasteiger partial charge in [-0.2, -0.15) is 5.26 Å². The second kappa shape index (κ2) is 5.15. The summed E-state index contributed by atoms with van der Waals surface area (Å²) >= 11 is 0. The van der Waals surface area contributed by atoms with Gasteiger partial charge in [0.2, 0.25) is 6.86 Å². The molecule has 0 aliphatic heterocycles. The molecule has 0 aliphatic carbocycles. The number of rotatable bonds is 3. The van der Waals surface area contributed by atoms with Gasteiger partial charge in [-0.25, -0.2) is 4.39 Å². The van der Waals surface area contributed by atoms with Gasteiger partial charge >= 0.3 is 0 Å². The Labute approximate surface area is 111 Å². The van der Waals surface area contributed by atoms with Crippen molar-refractivity contribution in [2.75, 3.05) is 12.6 Å². The summed E-state index contributed by atoms with van der Waals surface area (Å²) in [4.78, 5) is 0. The van der Waals surface area contributed by atoms with Crippen molar-refractivity contribution in [3.63, 3.8) is 0 Å². The molecule has 2 rings (SSSR count). The van der Waals surface area contributed by atoms with Gasteiger partial charge in [0.1, 0.15) is 11.8 Å². The summed E-state index contributed by atoms with van der Waals surface area (Å²) in [5.74, 6) is 0.494. The smallest absolute Gasteiger partial charge is 0.228 e. The summed E-state index contributed by atoms with van der Waals surface area (Å²) in [6.07, 6.45) is 0. The van der Waals surface area contributed by atoms with Crippen molar-refractivity contribution in [1.29, 1.82) is 5.26 Å². The molecule has 0 radical (unpaired) electrons. The maximum Gasteiger partial charge on any atom is 0.228 e. The van der Waals surface area contributed by atoms with E-state index in [1.807, 2.05) is 26.0 Å². The highest BCUT2D eigenvalue weighted by molar-refractivity contribution is 5.95. The summed E-state index contributed by atoms with van der Waals surface area (Å²) < 4.78 is 17.6. The van der Waals surface area contributed by atoms with Gasteiger partial charge in [0.15, 0.2) is 0 Å². The van der Waals surface area contributed by atoms with Crippen LogP contribution >= 0.6 is 0 Å². The van der Waals surface area contributed by atoms with Crippen molar-refractivity contribution in [1.82, 2.24) is 0 Å². The summed E-state index contributed by atoms with van der Waals surface area (Å²) in [6, 6.07) is 9.10. The average molecular weight is 258 g/mol. The minimum absolute atomic E-state index is 0.196. The minimum atomic E-state index is -0.963. The molecule has 2 N–H and O–H groups in total. The second-order valence-electron chi connectivity index (χ2n) is 4.67. The van der Waals surface area contributed by atoms with Crippen LogP contribution in [0.2, 0.25) is 0 Å².